The van der Waals surface area contributed by atoms with E-state index in [1.807, 2.05) is 37.4 Å². The van der Waals surface area contributed by atoms with Crippen LogP contribution in [0.1, 0.15) is 120 Å². The monoisotopic (exact) mass is 1120 g/mol. The molecule has 0 unspecified atom stereocenters. The molecule has 7 heterocycles. The molecule has 1 amide bonds. The van der Waals surface area contributed by atoms with Gasteiger partial charge in [0, 0.05) is 100 Å². The molecule has 6 fully saturated rings. The molecule has 428 valence electrons. The summed E-state index contributed by atoms with van der Waals surface area (Å²) >= 11 is 0. The van der Waals surface area contributed by atoms with Crippen molar-refractivity contribution < 1.29 is 42.2 Å². The number of fused-ring (bicyclic) bond motifs is 3. The second kappa shape index (κ2) is 21.7. The third-order valence-electron chi connectivity index (χ3n) is 18.4. The van der Waals surface area contributed by atoms with Gasteiger partial charge in [0.05, 0.1) is 45.4 Å². The fourth-order valence-electron chi connectivity index (χ4n) is 13.9. The summed E-state index contributed by atoms with van der Waals surface area (Å²) in [5.74, 6) is 0.640. The number of carbonyl (C=O) groups is 1. The largest absolute Gasteiger partial charge is 0.488 e. The smallest absolute Gasteiger partial charge is 0.293 e. The number of pyridine rings is 1. The number of nitro benzene ring substituents is 1. The molecule has 19 nitrogen and oxygen atoms in total. The van der Waals surface area contributed by atoms with Crippen LogP contribution in [-0.4, -0.2) is 145 Å². The lowest BCUT2D eigenvalue weighted by Crippen LogP contribution is -2.61. The Morgan fingerprint density at radius 2 is 1.66 bits per heavy atom. The molecule has 2 aromatic heterocycles. The highest BCUT2D eigenvalue weighted by Gasteiger charge is 2.51. The Morgan fingerprint density at radius 3 is 2.42 bits per heavy atom. The van der Waals surface area contributed by atoms with Crippen molar-refractivity contribution >= 4 is 55.4 Å². The average Bonchev–Trinajstić information content (AvgIpc) is 3.98. The number of aromatic nitrogens is 2. The first-order valence-electron chi connectivity index (χ1n) is 29.0. The van der Waals surface area contributed by atoms with Gasteiger partial charge < -0.3 is 44.2 Å². The van der Waals surface area contributed by atoms with Gasteiger partial charge in [0.25, 0.3) is 21.6 Å². The normalized spacial score (nSPS) is 26.0. The molecule has 2 aliphatic carbocycles. The third-order valence-corrected chi connectivity index (χ3v) is 19.7. The zero-order valence-electron chi connectivity index (χ0n) is 46.5. The molecule has 7 aliphatic rings. The number of aromatic amines is 1. The van der Waals surface area contributed by atoms with Crippen LogP contribution in [0, 0.1) is 21.4 Å². The number of aliphatic hydroxyl groups is 1. The Hall–Kier alpha value is -6.03. The van der Waals surface area contributed by atoms with Crippen LogP contribution in [0.3, 0.4) is 0 Å². The Morgan fingerprint density at radius 1 is 0.900 bits per heavy atom. The van der Waals surface area contributed by atoms with Gasteiger partial charge in [-0.1, -0.05) is 18.2 Å². The van der Waals surface area contributed by atoms with Crippen molar-refractivity contribution in [3.63, 3.8) is 0 Å². The Kier molecular flexibility index (Phi) is 14.8. The van der Waals surface area contributed by atoms with E-state index < -0.39 is 43.1 Å². The molecule has 5 aliphatic heterocycles. The standard InChI is InChI=1S/C60H77N9O10S/c1-58(2,3)79-53-8-6-5-7-45(53)52-37-66(41-16-28-76-29-17-41)26-27-67(52)43-34-60(35-43)21-24-65(25-22-60)42-9-11-46(49(32-42)68-48-18-30-77-38-54(48)78-57-51(68)31-40-15-23-61-55(40)63-57)56(70)64-80(74,75)44-10-12-47(50(33-44)69(72)73)62-36-39-13-19-59(4,71)20-14-39/h5-12,15,23,31-33,39,41,43,48,52,54,62,71H,13-14,16-22,24-30,34-38H2,1-4H3,(H,61,63)(H,64,70)/t39-,48-,52-,54-,59-/m0/s1. The number of H-pyrrole nitrogens is 1. The number of ether oxygens (including phenoxy) is 4. The van der Waals surface area contributed by atoms with E-state index in [4.69, 9.17) is 23.9 Å². The maximum Gasteiger partial charge on any atom is 0.293 e. The fourth-order valence-corrected chi connectivity index (χ4v) is 14.9. The number of benzene rings is 3. The van der Waals surface area contributed by atoms with Crippen molar-refractivity contribution in [2.45, 2.75) is 145 Å². The van der Waals surface area contributed by atoms with E-state index in [1.54, 1.807) is 6.07 Å². The van der Waals surface area contributed by atoms with Gasteiger partial charge in [-0.3, -0.25) is 24.7 Å². The first-order valence-corrected chi connectivity index (χ1v) is 30.4. The molecule has 12 rings (SSSR count). The van der Waals surface area contributed by atoms with E-state index in [-0.39, 0.29) is 40.3 Å². The summed E-state index contributed by atoms with van der Waals surface area (Å²) in [6.45, 7) is 15.6. The van der Waals surface area contributed by atoms with Crippen LogP contribution in [0.25, 0.3) is 11.0 Å². The van der Waals surface area contributed by atoms with Gasteiger partial charge in [0.15, 0.2) is 0 Å². The summed E-state index contributed by atoms with van der Waals surface area (Å²) in [5.41, 5.74) is 2.97. The summed E-state index contributed by atoms with van der Waals surface area (Å²) in [5, 5.41) is 26.9. The van der Waals surface area contributed by atoms with E-state index in [1.165, 1.54) is 17.7 Å². The van der Waals surface area contributed by atoms with Crippen LogP contribution in [0.4, 0.5) is 28.4 Å². The third kappa shape index (κ3) is 11.2. The van der Waals surface area contributed by atoms with Crippen molar-refractivity contribution in [3.8, 4) is 11.6 Å². The molecule has 80 heavy (non-hydrogen) atoms. The SMILES string of the molecule is CC(C)(C)Oc1ccccc1[C@@H]1CN(C2CCOCC2)CCN1C1CC2(CCN(c3ccc(C(=O)NS(=O)(=O)c4ccc(NC[C@H]5CC[C@](C)(O)CC5)c([N+](=O)[O-])c4)c(N4c5cc6cc[nH]c6nc5O[C@H]5COCC[C@@H]54)c3)CC2)C1. The number of rotatable bonds is 13. The highest BCUT2D eigenvalue weighted by molar-refractivity contribution is 7.90. The zero-order chi connectivity index (χ0) is 55.6. The van der Waals surface area contributed by atoms with Crippen molar-refractivity contribution in [1.29, 1.82) is 0 Å². The number of para-hydroxylation sites is 1. The molecule has 4 saturated heterocycles. The number of hydrogen-bond donors (Lipinski definition) is 4. The van der Waals surface area contributed by atoms with Gasteiger partial charge in [-0.2, -0.15) is 4.98 Å². The summed E-state index contributed by atoms with van der Waals surface area (Å²) in [6.07, 6.45) is 11.1. The van der Waals surface area contributed by atoms with E-state index in [0.717, 1.165) is 120 Å². The van der Waals surface area contributed by atoms with Crippen LogP contribution in [-0.2, 0) is 19.5 Å². The molecule has 1 spiro atoms. The molecular formula is C60H77N9O10S. The molecule has 0 bridgehead atoms. The fraction of sp³-hybridized carbons (Fsp3) is 0.567. The number of piperazine rings is 1. The Bertz CT molecular complexity index is 3210. The number of nitrogens with one attached hydrogen (secondary N) is 3. The van der Waals surface area contributed by atoms with Crippen LogP contribution >= 0.6 is 0 Å². The van der Waals surface area contributed by atoms with Gasteiger partial charge in [-0.05, 0) is 158 Å². The molecule has 0 radical (unpaired) electrons. The highest BCUT2D eigenvalue weighted by Crippen LogP contribution is 2.54. The number of carbonyl (C=O) groups excluding carboxylic acids is 1. The first-order chi connectivity index (χ1) is 38.4. The lowest BCUT2D eigenvalue weighted by molar-refractivity contribution is -0.384. The first kappa shape index (κ1) is 54.6. The minimum absolute atomic E-state index is 0.111. The summed E-state index contributed by atoms with van der Waals surface area (Å²) in [7, 11) is -4.64. The number of nitro groups is 1. The van der Waals surface area contributed by atoms with Crippen molar-refractivity contribution in [2.75, 3.05) is 80.8 Å². The molecular weight excluding hydrogens is 1040 g/mol. The second-order valence-electron chi connectivity index (χ2n) is 25.0. The average molecular weight is 1120 g/mol. The second-order valence-corrected chi connectivity index (χ2v) is 26.7. The van der Waals surface area contributed by atoms with Gasteiger partial charge in [-0.15, -0.1) is 0 Å². The number of nitrogens with zero attached hydrogens (tertiary/aromatic N) is 6. The summed E-state index contributed by atoms with van der Waals surface area (Å²) in [6, 6.07) is 22.7. The Labute approximate surface area is 468 Å². The Balaban J connectivity index is 0.805. The minimum atomic E-state index is -4.64. The van der Waals surface area contributed by atoms with Crippen molar-refractivity contribution in [2.24, 2.45) is 11.3 Å². The van der Waals surface area contributed by atoms with Crippen LogP contribution < -0.4 is 29.3 Å². The van der Waals surface area contributed by atoms with Crippen LogP contribution in [0.2, 0.25) is 0 Å². The summed E-state index contributed by atoms with van der Waals surface area (Å²) < 4.78 is 55.8. The molecule has 20 heteroatoms. The zero-order valence-corrected chi connectivity index (χ0v) is 47.3. The van der Waals surface area contributed by atoms with Crippen LogP contribution in [0.15, 0.2) is 83.9 Å². The molecule has 3 atom stereocenters. The van der Waals surface area contributed by atoms with Gasteiger partial charge >= 0.3 is 0 Å². The van der Waals surface area contributed by atoms with Crippen molar-refractivity contribution in [1.82, 2.24) is 24.5 Å². The molecule has 4 N–H and O–H groups in total. The van der Waals surface area contributed by atoms with E-state index in [0.29, 0.717) is 74.0 Å². The summed E-state index contributed by atoms with van der Waals surface area (Å²) in [4.78, 5) is 44.3. The predicted molar refractivity (Wildman–Crippen MR) is 306 cm³/mol. The minimum Gasteiger partial charge on any atom is -0.488 e. The molecule has 2 saturated carbocycles. The maximum atomic E-state index is 14.8. The number of piperidine rings is 1. The van der Waals surface area contributed by atoms with Gasteiger partial charge in [-0.25, -0.2) is 13.1 Å². The van der Waals surface area contributed by atoms with E-state index in [9.17, 15) is 28.4 Å². The maximum absolute atomic E-state index is 14.8. The topological polar surface area (TPSA) is 217 Å². The van der Waals surface area contributed by atoms with Crippen molar-refractivity contribution in [3.05, 3.63) is 100 Å². The predicted octanol–water partition coefficient (Wildman–Crippen LogP) is 9.10. The lowest BCUT2D eigenvalue weighted by atomic mass is 9.59. The highest BCUT2D eigenvalue weighted by atomic mass is 32.2. The number of hydrogen-bond acceptors (Lipinski definition) is 16. The van der Waals surface area contributed by atoms with Gasteiger partial charge in [0.1, 0.15) is 34.5 Å². The molecule has 5 aromatic rings. The number of sulfonamides is 1. The van der Waals surface area contributed by atoms with Gasteiger partial charge in [0.2, 0.25) is 5.88 Å². The number of amides is 1. The van der Waals surface area contributed by atoms with Crippen LogP contribution in [0.5, 0.6) is 11.6 Å². The lowest BCUT2D eigenvalue weighted by Gasteiger charge is -2.59. The molecule has 3 aromatic carbocycles. The number of anilines is 4. The van der Waals surface area contributed by atoms with E-state index >= 15 is 0 Å². The quantitative estimate of drug-likeness (QED) is 0.0638. The van der Waals surface area contributed by atoms with E-state index in [2.05, 4.69) is 79.7 Å².